The first kappa shape index (κ1) is 18.4. The zero-order valence-corrected chi connectivity index (χ0v) is 19.7. The first-order valence-electron chi connectivity index (χ1n) is 8.45. The van der Waals surface area contributed by atoms with Gasteiger partial charge in [0.05, 0.1) is 0 Å². The predicted octanol–water partition coefficient (Wildman–Crippen LogP) is 2.41. The van der Waals surface area contributed by atoms with Crippen molar-refractivity contribution in [2.75, 3.05) is 11.9 Å². The molecule has 0 spiro atoms. The number of carbonyl (C=O) groups excluding carboxylic acids is 1. The fourth-order valence-electron chi connectivity index (χ4n) is 3.03. The molecule has 0 bridgehead atoms. The number of benzene rings is 1. The Bertz CT molecular complexity index is 1110. The molecule has 2 aromatic heterocycles. The third-order valence-corrected chi connectivity index (χ3v) is 10.3. The van der Waals surface area contributed by atoms with Crippen LogP contribution in [0.5, 0.6) is 0 Å². The first-order chi connectivity index (χ1) is 13.6. The molecule has 0 N–H and O–H groups in total. The van der Waals surface area contributed by atoms with Gasteiger partial charge in [0.2, 0.25) is 0 Å². The fraction of sp³-hybridized carbons (Fsp3) is 0.0500. The van der Waals surface area contributed by atoms with Crippen LogP contribution in [0.4, 0.5) is 16.1 Å². The van der Waals surface area contributed by atoms with Crippen LogP contribution in [0.2, 0.25) is 0 Å². The van der Waals surface area contributed by atoms with E-state index in [0.717, 1.165) is 5.82 Å². The molecular formula is C20H13N3OS2Se2. The summed E-state index contributed by atoms with van der Waals surface area (Å²) in [6.45, 7) is 0. The van der Waals surface area contributed by atoms with Crippen LogP contribution in [0.15, 0.2) is 59.6 Å². The van der Waals surface area contributed by atoms with E-state index in [0.29, 0.717) is 9.23 Å². The molecule has 28 heavy (non-hydrogen) atoms. The van der Waals surface area contributed by atoms with Crippen molar-refractivity contribution in [3.8, 4) is 0 Å². The van der Waals surface area contributed by atoms with Crippen molar-refractivity contribution >= 4 is 94.7 Å². The maximum absolute atomic E-state index is 12.3. The number of fused-ring (bicyclic) bond motifs is 2. The molecule has 1 amide bonds. The van der Waals surface area contributed by atoms with E-state index in [9.17, 15) is 4.79 Å². The number of rotatable bonds is 2. The monoisotopic (exact) mass is 535 g/mol. The van der Waals surface area contributed by atoms with Gasteiger partial charge in [0.25, 0.3) is 0 Å². The second-order valence-corrected chi connectivity index (χ2v) is 12.4. The van der Waals surface area contributed by atoms with Crippen molar-refractivity contribution in [1.29, 1.82) is 0 Å². The molecule has 0 aliphatic carbocycles. The number of carbonyl (C=O) groups is 1. The Morgan fingerprint density at radius 1 is 1.11 bits per heavy atom. The number of hydrogen-bond donors (Lipinski definition) is 0. The molecule has 0 radical (unpaired) electrons. The summed E-state index contributed by atoms with van der Waals surface area (Å²) in [4.78, 5) is 21.5. The number of likely N-dealkylation sites (N-methyl/N-ethyl adjacent to an activating group) is 1. The van der Waals surface area contributed by atoms with Gasteiger partial charge < -0.3 is 0 Å². The van der Waals surface area contributed by atoms with E-state index >= 15 is 0 Å². The van der Waals surface area contributed by atoms with Crippen molar-refractivity contribution in [3.05, 3.63) is 64.1 Å². The Morgan fingerprint density at radius 3 is 2.75 bits per heavy atom. The quantitative estimate of drug-likeness (QED) is 0.225. The molecule has 0 atom stereocenters. The number of pyridine rings is 1. The summed E-state index contributed by atoms with van der Waals surface area (Å²) in [6, 6.07) is 17.0. The third kappa shape index (κ3) is 3.11. The van der Waals surface area contributed by atoms with E-state index in [4.69, 9.17) is 17.2 Å². The second-order valence-electron chi connectivity index (χ2n) is 6.15. The second kappa shape index (κ2) is 7.30. The number of thiocarbonyl (C=S) groups is 1. The molecule has 3 aromatic rings. The van der Waals surface area contributed by atoms with Gasteiger partial charge in [-0.05, 0) is 0 Å². The molecule has 5 rings (SSSR count). The Balaban J connectivity index is 1.57. The van der Waals surface area contributed by atoms with Crippen LogP contribution in [0.25, 0.3) is 6.08 Å². The summed E-state index contributed by atoms with van der Waals surface area (Å²) in [5.41, 5.74) is 1.22. The van der Waals surface area contributed by atoms with Crippen molar-refractivity contribution in [2.45, 2.75) is 0 Å². The van der Waals surface area contributed by atoms with Crippen LogP contribution in [0.3, 0.4) is 0 Å². The van der Waals surface area contributed by atoms with E-state index in [1.54, 1.807) is 7.05 Å². The molecule has 138 valence electrons. The van der Waals surface area contributed by atoms with Gasteiger partial charge >= 0.3 is 185 Å². The molecule has 0 unspecified atom stereocenters. The summed E-state index contributed by atoms with van der Waals surface area (Å²) in [5, 5.41) is 0. The molecule has 8 heteroatoms. The van der Waals surface area contributed by atoms with E-state index in [-0.39, 0.29) is 35.4 Å². The van der Waals surface area contributed by atoms with Crippen LogP contribution in [-0.4, -0.2) is 56.6 Å². The topological polar surface area (TPSA) is 36.4 Å². The van der Waals surface area contributed by atoms with Gasteiger partial charge in [-0.25, -0.2) is 0 Å². The third-order valence-electron chi connectivity index (χ3n) is 4.38. The minimum atomic E-state index is -0.0156. The van der Waals surface area contributed by atoms with Crippen LogP contribution in [-0.2, 0) is 4.79 Å². The summed E-state index contributed by atoms with van der Waals surface area (Å²) in [5.74, 6) is 1.02. The van der Waals surface area contributed by atoms with E-state index < -0.39 is 0 Å². The summed E-state index contributed by atoms with van der Waals surface area (Å²) in [7, 11) is 1.73. The SMILES string of the molecule is CN1C(=O)/C(=C\c2ccc(N3c4ccccc4[Se]c4cccnc43)[se]2)SC1=S. The van der Waals surface area contributed by atoms with Crippen molar-refractivity contribution in [1.82, 2.24) is 9.88 Å². The molecule has 2 aliphatic rings. The minimum absolute atomic E-state index is 0.0156. The predicted molar refractivity (Wildman–Crippen MR) is 122 cm³/mol. The average molecular weight is 533 g/mol. The number of hydrogen-bond acceptors (Lipinski definition) is 5. The number of thioether (sulfide) groups is 1. The maximum atomic E-state index is 12.3. The molecule has 4 heterocycles. The molecule has 2 aliphatic heterocycles. The van der Waals surface area contributed by atoms with Gasteiger partial charge in [-0.15, -0.1) is 0 Å². The van der Waals surface area contributed by atoms with Gasteiger partial charge in [-0.2, -0.15) is 0 Å². The zero-order chi connectivity index (χ0) is 19.3. The van der Waals surface area contributed by atoms with E-state index in [1.807, 2.05) is 18.3 Å². The van der Waals surface area contributed by atoms with Crippen LogP contribution in [0.1, 0.15) is 4.44 Å². The van der Waals surface area contributed by atoms with Gasteiger partial charge in [0.1, 0.15) is 0 Å². The fourth-order valence-corrected chi connectivity index (χ4v) is 8.55. The van der Waals surface area contributed by atoms with Gasteiger partial charge in [-0.1, -0.05) is 0 Å². The van der Waals surface area contributed by atoms with Crippen LogP contribution >= 0.6 is 24.0 Å². The van der Waals surface area contributed by atoms with E-state index in [2.05, 4.69) is 47.4 Å². The summed E-state index contributed by atoms with van der Waals surface area (Å²) >= 11 is 6.95. The van der Waals surface area contributed by atoms with Crippen molar-refractivity contribution < 1.29 is 4.79 Å². The Kier molecular flexibility index (Phi) is 4.79. The average Bonchev–Trinajstić information content (AvgIpc) is 3.26. The molecule has 1 saturated heterocycles. The summed E-state index contributed by atoms with van der Waals surface area (Å²) < 4.78 is 5.68. The first-order valence-corrected chi connectivity index (χ1v) is 13.1. The zero-order valence-electron chi connectivity index (χ0n) is 14.7. The van der Waals surface area contributed by atoms with Gasteiger partial charge in [0, 0.05) is 0 Å². The molecular weight excluding hydrogens is 520 g/mol. The normalized spacial score (nSPS) is 17.2. The Hall–Kier alpha value is -1.66. The molecule has 0 saturated carbocycles. The summed E-state index contributed by atoms with van der Waals surface area (Å²) in [6.07, 6.45) is 3.85. The Labute approximate surface area is 184 Å². The van der Waals surface area contributed by atoms with Gasteiger partial charge in [-0.3, -0.25) is 0 Å². The molecule has 1 aromatic carbocycles. The van der Waals surface area contributed by atoms with Crippen LogP contribution < -0.4 is 13.8 Å². The molecule has 4 nitrogen and oxygen atoms in total. The number of aromatic nitrogens is 1. The number of amides is 1. The van der Waals surface area contributed by atoms with Crippen LogP contribution in [0, 0.1) is 0 Å². The molecule has 1 fully saturated rings. The van der Waals surface area contributed by atoms with Crippen molar-refractivity contribution in [2.24, 2.45) is 0 Å². The van der Waals surface area contributed by atoms with Gasteiger partial charge in [0.15, 0.2) is 0 Å². The Morgan fingerprint density at radius 2 is 1.93 bits per heavy atom. The van der Waals surface area contributed by atoms with E-state index in [1.165, 1.54) is 40.3 Å². The number of para-hydroxylation sites is 1. The standard InChI is InChI=1S/C20H13N3OS2Se2/c1-22-19(24)14(26-20(22)25)11-12-8-9-17(27-12)23-13-5-2-3-6-15(13)28-16-7-4-10-21-18(16)23/h2-11H,1H3/b14-11+. The number of nitrogens with zero attached hydrogens (tertiary/aromatic N) is 3. The van der Waals surface area contributed by atoms with Crippen molar-refractivity contribution in [3.63, 3.8) is 0 Å². The number of anilines is 3.